The van der Waals surface area contributed by atoms with Gasteiger partial charge in [0.1, 0.15) is 17.6 Å². The number of nitrogens with one attached hydrogen (secondary N) is 2. The second kappa shape index (κ2) is 10.5. The van der Waals surface area contributed by atoms with Crippen LogP contribution in [0.1, 0.15) is 71.8 Å². The van der Waals surface area contributed by atoms with Gasteiger partial charge < -0.3 is 20.6 Å². The number of carbonyl (C=O) groups excluding carboxylic acids is 2. The van der Waals surface area contributed by atoms with Gasteiger partial charge in [0.25, 0.3) is 18.2 Å². The molecule has 1 saturated heterocycles. The van der Waals surface area contributed by atoms with Gasteiger partial charge >= 0.3 is 6.18 Å². The van der Waals surface area contributed by atoms with E-state index in [1.165, 1.54) is 0 Å². The minimum Gasteiger partial charge on any atom is -0.393 e. The van der Waals surface area contributed by atoms with E-state index in [2.05, 4.69) is 20.6 Å². The number of nitrogens with zero attached hydrogens (tertiary/aromatic N) is 3. The van der Waals surface area contributed by atoms with Gasteiger partial charge in [-0.3, -0.25) is 9.59 Å². The van der Waals surface area contributed by atoms with Gasteiger partial charge in [-0.1, -0.05) is 0 Å². The highest BCUT2D eigenvalue weighted by Crippen LogP contribution is 2.39. The first kappa shape index (κ1) is 27.2. The van der Waals surface area contributed by atoms with Crippen LogP contribution in [-0.2, 0) is 0 Å². The summed E-state index contributed by atoms with van der Waals surface area (Å²) in [5.41, 5.74) is -1.02. The number of aromatic nitrogens is 2. The molecule has 2 atom stereocenters. The maximum Gasteiger partial charge on any atom is 0.408 e. The maximum atomic E-state index is 14.1. The van der Waals surface area contributed by atoms with Crippen LogP contribution < -0.4 is 10.6 Å². The summed E-state index contributed by atoms with van der Waals surface area (Å²) in [7, 11) is 0. The van der Waals surface area contributed by atoms with E-state index in [1.54, 1.807) is 4.90 Å². The number of carbonyl (C=O) groups is 2. The molecule has 2 fully saturated rings. The van der Waals surface area contributed by atoms with Crippen molar-refractivity contribution in [1.82, 2.24) is 20.2 Å². The van der Waals surface area contributed by atoms with Crippen molar-refractivity contribution in [3.8, 4) is 10.4 Å². The summed E-state index contributed by atoms with van der Waals surface area (Å²) in [6, 6.07) is -1.61. The minimum atomic E-state index is -4.62. The van der Waals surface area contributed by atoms with Crippen LogP contribution in [0.2, 0.25) is 0 Å². The van der Waals surface area contributed by atoms with Crippen molar-refractivity contribution in [2.24, 2.45) is 0 Å². The SMILES string of the molecule is C[C@H]1CCCN1C(=O)c1nc(C(=O)N[C@H]2C[C@H](O)C2)sc1-c1cnc(N[C@H](C)C(F)(F)F)cc1C(F)F. The predicted molar refractivity (Wildman–Crippen MR) is 126 cm³/mol. The summed E-state index contributed by atoms with van der Waals surface area (Å²) in [5.74, 6) is -1.54. The number of halogens is 5. The van der Waals surface area contributed by atoms with Gasteiger partial charge in [0.05, 0.1) is 11.0 Å². The summed E-state index contributed by atoms with van der Waals surface area (Å²) in [6.07, 6.45) is -5.03. The van der Waals surface area contributed by atoms with Gasteiger partial charge in [0, 0.05) is 36.0 Å². The molecule has 8 nitrogen and oxygen atoms in total. The second-order valence-corrected chi connectivity index (χ2v) is 10.3. The minimum absolute atomic E-state index is 0.0129. The molecule has 0 aromatic carbocycles. The molecule has 0 spiro atoms. The number of alkyl halides is 5. The summed E-state index contributed by atoms with van der Waals surface area (Å²) < 4.78 is 67.0. The molecule has 3 N–H and O–H groups in total. The number of amides is 2. The molecule has 37 heavy (non-hydrogen) atoms. The number of rotatable bonds is 7. The molecule has 1 aliphatic carbocycles. The predicted octanol–water partition coefficient (Wildman–Crippen LogP) is 4.38. The fourth-order valence-corrected chi connectivity index (χ4v) is 5.28. The highest BCUT2D eigenvalue weighted by Gasteiger charge is 2.37. The van der Waals surface area contributed by atoms with Crippen molar-refractivity contribution in [3.63, 3.8) is 0 Å². The normalized spacial score (nSPS) is 22.6. The first-order valence-corrected chi connectivity index (χ1v) is 12.6. The highest BCUT2D eigenvalue weighted by atomic mass is 32.1. The molecule has 2 aromatic rings. The van der Waals surface area contributed by atoms with Gasteiger partial charge in [-0.2, -0.15) is 13.2 Å². The molecule has 202 valence electrons. The highest BCUT2D eigenvalue weighted by molar-refractivity contribution is 7.17. The largest absolute Gasteiger partial charge is 0.408 e. The lowest BCUT2D eigenvalue weighted by molar-refractivity contribution is -0.138. The van der Waals surface area contributed by atoms with E-state index < -0.39 is 47.9 Å². The molecule has 2 aromatic heterocycles. The lowest BCUT2D eigenvalue weighted by Gasteiger charge is -2.31. The molecule has 2 aliphatic rings. The Morgan fingerprint density at radius 3 is 2.54 bits per heavy atom. The van der Waals surface area contributed by atoms with Crippen molar-refractivity contribution < 1.29 is 36.6 Å². The van der Waals surface area contributed by atoms with E-state index in [4.69, 9.17) is 0 Å². The van der Waals surface area contributed by atoms with Crippen molar-refractivity contribution in [3.05, 3.63) is 28.5 Å². The molecule has 1 aliphatic heterocycles. The van der Waals surface area contributed by atoms with Crippen LogP contribution in [0.3, 0.4) is 0 Å². The second-order valence-electron chi connectivity index (χ2n) is 9.35. The van der Waals surface area contributed by atoms with Crippen molar-refractivity contribution in [1.29, 1.82) is 0 Å². The van der Waals surface area contributed by atoms with Gasteiger partial charge in [-0.25, -0.2) is 18.7 Å². The van der Waals surface area contributed by atoms with E-state index >= 15 is 0 Å². The van der Waals surface area contributed by atoms with E-state index in [0.29, 0.717) is 19.4 Å². The Labute approximate surface area is 213 Å². The lowest BCUT2D eigenvalue weighted by atomic mass is 9.89. The van der Waals surface area contributed by atoms with Crippen LogP contribution in [0.25, 0.3) is 10.4 Å². The summed E-state index contributed by atoms with van der Waals surface area (Å²) in [6.45, 7) is 3.12. The topological polar surface area (TPSA) is 107 Å². The molecular weight excluding hydrogens is 521 g/mol. The summed E-state index contributed by atoms with van der Waals surface area (Å²) in [5, 5.41) is 14.1. The molecule has 0 bridgehead atoms. The van der Waals surface area contributed by atoms with Crippen LogP contribution in [-0.4, -0.2) is 68.7 Å². The zero-order valence-electron chi connectivity index (χ0n) is 20.0. The molecule has 2 amide bonds. The average Bonchev–Trinajstić information content (AvgIpc) is 3.43. The van der Waals surface area contributed by atoms with Crippen molar-refractivity contribution in [2.45, 2.75) is 76.4 Å². The fraction of sp³-hybridized carbons (Fsp3) is 0.565. The Kier molecular flexibility index (Phi) is 7.70. The number of hydrogen-bond acceptors (Lipinski definition) is 7. The first-order valence-electron chi connectivity index (χ1n) is 11.8. The molecule has 0 unspecified atom stereocenters. The smallest absolute Gasteiger partial charge is 0.393 e. The third-order valence-electron chi connectivity index (χ3n) is 6.56. The fourth-order valence-electron chi connectivity index (χ4n) is 4.29. The molecule has 1 saturated carbocycles. The number of likely N-dealkylation sites (tertiary alicyclic amines) is 1. The number of hydrogen-bond donors (Lipinski definition) is 3. The number of pyridine rings is 1. The van der Waals surface area contributed by atoms with Gasteiger partial charge in [-0.05, 0) is 45.6 Å². The Morgan fingerprint density at radius 2 is 1.97 bits per heavy atom. The van der Waals surface area contributed by atoms with E-state index in [0.717, 1.165) is 43.4 Å². The molecule has 14 heteroatoms. The molecule has 4 rings (SSSR count). The van der Waals surface area contributed by atoms with Crippen LogP contribution in [0.15, 0.2) is 12.3 Å². The van der Waals surface area contributed by atoms with Crippen LogP contribution >= 0.6 is 11.3 Å². The molecular formula is C23H26F5N5O3S. The van der Waals surface area contributed by atoms with Gasteiger partial charge in [0.2, 0.25) is 0 Å². The quantitative estimate of drug-likeness (QED) is 0.444. The first-order chi connectivity index (χ1) is 17.3. The Balaban J connectivity index is 1.73. The lowest BCUT2D eigenvalue weighted by Crippen LogP contribution is -2.46. The standard InChI is InChI=1S/C23H26F5N5O3S/c1-10-4-3-5-33(10)22(36)17-18(37-21(32-17)20(35)31-12-6-13(34)7-12)15-9-29-16(8-14(15)19(24)25)30-11(2)23(26,27)28/h8-13,19,34H,3-7H2,1-2H3,(H,29,30)(H,31,35)/t10-,11+,12-,13-/m0/s1. The zero-order valence-corrected chi connectivity index (χ0v) is 20.8. The van der Waals surface area contributed by atoms with Gasteiger partial charge in [-0.15, -0.1) is 11.3 Å². The Morgan fingerprint density at radius 1 is 1.27 bits per heavy atom. The number of thiazole rings is 1. The Hall–Kier alpha value is -2.87. The third kappa shape index (κ3) is 5.84. The van der Waals surface area contributed by atoms with Crippen LogP contribution in [0, 0.1) is 0 Å². The van der Waals surface area contributed by atoms with Crippen LogP contribution in [0.5, 0.6) is 0 Å². The van der Waals surface area contributed by atoms with E-state index in [-0.39, 0.29) is 33.2 Å². The number of aliphatic hydroxyl groups is 1. The van der Waals surface area contributed by atoms with Crippen LogP contribution in [0.4, 0.5) is 27.8 Å². The molecule has 0 radical (unpaired) electrons. The monoisotopic (exact) mass is 547 g/mol. The van der Waals surface area contributed by atoms with E-state index in [9.17, 15) is 36.6 Å². The summed E-state index contributed by atoms with van der Waals surface area (Å²) >= 11 is 0.735. The third-order valence-corrected chi connectivity index (χ3v) is 7.64. The van der Waals surface area contributed by atoms with Gasteiger partial charge in [0.15, 0.2) is 5.01 Å². The van der Waals surface area contributed by atoms with Crippen molar-refractivity contribution >= 4 is 29.0 Å². The zero-order chi connectivity index (χ0) is 27.1. The van der Waals surface area contributed by atoms with Crippen molar-refractivity contribution in [2.75, 3.05) is 11.9 Å². The Bertz CT molecular complexity index is 1170. The maximum absolute atomic E-state index is 14.1. The average molecular weight is 548 g/mol. The number of aliphatic hydroxyl groups excluding tert-OH is 1. The molecule has 3 heterocycles. The number of anilines is 1. The van der Waals surface area contributed by atoms with E-state index in [1.807, 2.05) is 6.92 Å². The summed E-state index contributed by atoms with van der Waals surface area (Å²) in [4.78, 5) is 35.8.